The van der Waals surface area contributed by atoms with E-state index >= 15 is 0 Å². The summed E-state index contributed by atoms with van der Waals surface area (Å²) in [6, 6.07) is 5.74. The number of ether oxygens (including phenoxy) is 4. The summed E-state index contributed by atoms with van der Waals surface area (Å²) < 4.78 is 23.1. The number of methoxy groups -OCH3 is 3. The zero-order valence-electron chi connectivity index (χ0n) is 25.7. The van der Waals surface area contributed by atoms with Gasteiger partial charge >= 0.3 is 5.97 Å². The van der Waals surface area contributed by atoms with Gasteiger partial charge in [0.2, 0.25) is 11.8 Å². The summed E-state index contributed by atoms with van der Waals surface area (Å²) in [5.74, 6) is 0.492. The summed E-state index contributed by atoms with van der Waals surface area (Å²) in [5.41, 5.74) is 0.519. The van der Waals surface area contributed by atoms with Gasteiger partial charge in [0.15, 0.2) is 11.5 Å². The molecule has 42 heavy (non-hydrogen) atoms. The van der Waals surface area contributed by atoms with Crippen LogP contribution in [0.3, 0.4) is 0 Å². The number of amides is 2. The average molecular weight is 583 g/mol. The van der Waals surface area contributed by atoms with Gasteiger partial charge in [0.05, 0.1) is 33.5 Å². The van der Waals surface area contributed by atoms with Crippen molar-refractivity contribution in [3.63, 3.8) is 0 Å². The second kappa shape index (κ2) is 12.7. The Morgan fingerprint density at radius 2 is 1.76 bits per heavy atom. The van der Waals surface area contributed by atoms with Crippen molar-refractivity contribution in [1.29, 1.82) is 0 Å². The highest BCUT2D eigenvalue weighted by atomic mass is 16.5. The van der Waals surface area contributed by atoms with E-state index in [0.29, 0.717) is 30.2 Å². The van der Waals surface area contributed by atoms with Crippen molar-refractivity contribution < 1.29 is 33.3 Å². The van der Waals surface area contributed by atoms with Crippen LogP contribution in [-0.4, -0.2) is 80.8 Å². The molecule has 4 atom stereocenters. The highest BCUT2D eigenvalue weighted by molar-refractivity contribution is 5.93. The van der Waals surface area contributed by atoms with Crippen LogP contribution in [0.2, 0.25) is 0 Å². The number of fused-ring (bicyclic) bond motifs is 1. The number of nitrogens with zero attached hydrogens (tertiary/aromatic N) is 2. The molecule has 0 unspecified atom stereocenters. The second-order valence-corrected chi connectivity index (χ2v) is 12.6. The fourth-order valence-electron chi connectivity index (χ4n) is 7.04. The summed E-state index contributed by atoms with van der Waals surface area (Å²) in [7, 11) is 4.60. The quantitative estimate of drug-likeness (QED) is 0.378. The molecule has 2 amide bonds. The van der Waals surface area contributed by atoms with Crippen molar-refractivity contribution >= 4 is 17.8 Å². The van der Waals surface area contributed by atoms with E-state index in [2.05, 4.69) is 13.8 Å². The van der Waals surface area contributed by atoms with Crippen molar-refractivity contribution in [2.45, 2.75) is 77.4 Å². The number of carbonyl (C=O) groups is 3. The zero-order valence-corrected chi connectivity index (χ0v) is 25.7. The minimum atomic E-state index is -1.14. The normalized spacial score (nSPS) is 27.8. The van der Waals surface area contributed by atoms with Crippen LogP contribution in [-0.2, 0) is 30.3 Å². The maximum Gasteiger partial charge on any atom is 0.320 e. The number of carbonyl (C=O) groups excluding carboxylic acids is 3. The Labute approximate surface area is 249 Å². The number of rotatable bonds is 10. The van der Waals surface area contributed by atoms with Gasteiger partial charge in [0.1, 0.15) is 5.41 Å². The molecule has 2 saturated heterocycles. The Kier molecular flexibility index (Phi) is 9.16. The maximum absolute atomic E-state index is 14.3. The summed E-state index contributed by atoms with van der Waals surface area (Å²) in [5, 5.41) is 0. The fraction of sp³-hybridized carbons (Fsp3) is 0.667. The smallest absolute Gasteiger partial charge is 0.320 e. The van der Waals surface area contributed by atoms with E-state index in [9.17, 15) is 14.4 Å². The van der Waals surface area contributed by atoms with Gasteiger partial charge in [-0.3, -0.25) is 14.4 Å². The van der Waals surface area contributed by atoms with Crippen LogP contribution in [0.4, 0.5) is 0 Å². The minimum absolute atomic E-state index is 0.0138. The predicted molar refractivity (Wildman–Crippen MR) is 157 cm³/mol. The molecule has 0 N–H and O–H groups in total. The molecular formula is C33H46N2O7. The van der Waals surface area contributed by atoms with Gasteiger partial charge in [-0.1, -0.05) is 19.9 Å². The summed E-state index contributed by atoms with van der Waals surface area (Å²) in [6.07, 6.45) is 7.22. The minimum Gasteiger partial charge on any atom is -0.493 e. The predicted octanol–water partition coefficient (Wildman–Crippen LogP) is 4.37. The van der Waals surface area contributed by atoms with E-state index in [1.807, 2.05) is 29.2 Å². The molecule has 230 valence electrons. The van der Waals surface area contributed by atoms with Gasteiger partial charge in [0.25, 0.3) is 0 Å². The first-order valence-corrected chi connectivity index (χ1v) is 15.5. The van der Waals surface area contributed by atoms with Gasteiger partial charge in [-0.05, 0) is 80.6 Å². The number of piperidine rings is 2. The Bertz CT molecular complexity index is 1200. The Balaban J connectivity index is 1.53. The maximum atomic E-state index is 14.3. The molecule has 9 nitrogen and oxygen atoms in total. The third kappa shape index (κ3) is 5.77. The van der Waals surface area contributed by atoms with Crippen LogP contribution in [0, 0.1) is 23.2 Å². The molecule has 0 aromatic heterocycles. The molecule has 3 heterocycles. The number of likely N-dealkylation sites (tertiary alicyclic amines) is 2. The lowest BCUT2D eigenvalue weighted by Gasteiger charge is -2.53. The topological polar surface area (TPSA) is 94.6 Å². The molecule has 0 bridgehead atoms. The van der Waals surface area contributed by atoms with Gasteiger partial charge < -0.3 is 28.7 Å². The first kappa shape index (κ1) is 30.4. The standard InChI is InChI=1S/C33H46N2O7/c1-21(2)26-19-28-33(32(38)41-5,30(42-26)23-10-11-23)20-24(18-29(36)34-14-7-6-8-15-34)31(37)35(28)16-13-22-9-12-25(39-3)27(17-22)40-4/h9,12,17,19,21,23-24,26,30H,6-8,10-11,13-16,18,20H2,1-5H3/t24-,26+,30+,33+/m0/s1. The number of hydrogen-bond donors (Lipinski definition) is 0. The first-order valence-electron chi connectivity index (χ1n) is 15.5. The Morgan fingerprint density at radius 3 is 2.38 bits per heavy atom. The summed E-state index contributed by atoms with van der Waals surface area (Å²) >= 11 is 0. The molecule has 9 heteroatoms. The molecule has 0 radical (unpaired) electrons. The monoisotopic (exact) mass is 582 g/mol. The Morgan fingerprint density at radius 1 is 1.05 bits per heavy atom. The van der Waals surface area contributed by atoms with E-state index in [4.69, 9.17) is 18.9 Å². The Hall–Kier alpha value is -3.07. The molecule has 3 fully saturated rings. The molecule has 3 aliphatic heterocycles. The number of benzene rings is 1. The SMILES string of the molecule is COC(=O)[C@]12C[C@H](CC(=O)N3CCCCC3)C(=O)N(CCc3ccc(OC)c(OC)c3)C1=C[C@H](C(C)C)O[C@@H]2C1CC1. The first-order chi connectivity index (χ1) is 20.2. The lowest BCUT2D eigenvalue weighted by molar-refractivity contribution is -0.182. The van der Waals surface area contributed by atoms with Crippen LogP contribution in [0.25, 0.3) is 0 Å². The van der Waals surface area contributed by atoms with E-state index in [0.717, 1.165) is 50.8 Å². The van der Waals surface area contributed by atoms with Crippen molar-refractivity contribution in [2.24, 2.45) is 23.2 Å². The molecule has 4 aliphatic rings. The lowest BCUT2D eigenvalue weighted by atomic mass is 9.64. The third-order valence-corrected chi connectivity index (χ3v) is 9.50. The second-order valence-electron chi connectivity index (χ2n) is 12.6. The fourth-order valence-corrected chi connectivity index (χ4v) is 7.04. The molecule has 5 rings (SSSR count). The van der Waals surface area contributed by atoms with Crippen LogP contribution >= 0.6 is 0 Å². The van der Waals surface area contributed by atoms with E-state index < -0.39 is 17.4 Å². The van der Waals surface area contributed by atoms with Crippen molar-refractivity contribution in [2.75, 3.05) is 41.0 Å². The molecule has 1 aromatic carbocycles. The van der Waals surface area contributed by atoms with Crippen LogP contribution in [0.15, 0.2) is 30.0 Å². The van der Waals surface area contributed by atoms with Gasteiger partial charge in [0, 0.05) is 37.7 Å². The summed E-state index contributed by atoms with van der Waals surface area (Å²) in [6.45, 7) is 5.99. The van der Waals surface area contributed by atoms with Crippen molar-refractivity contribution in [1.82, 2.24) is 9.80 Å². The lowest BCUT2D eigenvalue weighted by Crippen LogP contribution is -2.62. The van der Waals surface area contributed by atoms with Crippen LogP contribution < -0.4 is 9.47 Å². The third-order valence-electron chi connectivity index (χ3n) is 9.50. The highest BCUT2D eigenvalue weighted by Gasteiger charge is 2.63. The van der Waals surface area contributed by atoms with Gasteiger partial charge in [-0.25, -0.2) is 0 Å². The van der Waals surface area contributed by atoms with E-state index in [1.54, 1.807) is 19.1 Å². The highest BCUT2D eigenvalue weighted by Crippen LogP contribution is 2.56. The van der Waals surface area contributed by atoms with Crippen LogP contribution in [0.5, 0.6) is 11.5 Å². The number of hydrogen-bond acceptors (Lipinski definition) is 7. The molecule has 1 saturated carbocycles. The molecule has 0 spiro atoms. The molecular weight excluding hydrogens is 536 g/mol. The molecule has 1 aromatic rings. The molecule has 1 aliphatic carbocycles. The van der Waals surface area contributed by atoms with Crippen LogP contribution in [0.1, 0.15) is 64.4 Å². The van der Waals surface area contributed by atoms with Crippen molar-refractivity contribution in [3.05, 3.63) is 35.5 Å². The largest absolute Gasteiger partial charge is 0.493 e. The average Bonchev–Trinajstić information content (AvgIpc) is 3.85. The number of esters is 1. The van der Waals surface area contributed by atoms with Gasteiger partial charge in [-0.2, -0.15) is 0 Å². The van der Waals surface area contributed by atoms with Gasteiger partial charge in [-0.15, -0.1) is 0 Å². The van der Waals surface area contributed by atoms with E-state index in [-0.39, 0.29) is 48.6 Å². The zero-order chi connectivity index (χ0) is 30.0. The summed E-state index contributed by atoms with van der Waals surface area (Å²) in [4.78, 5) is 45.4. The van der Waals surface area contributed by atoms with E-state index in [1.165, 1.54) is 7.11 Å². The van der Waals surface area contributed by atoms with Crippen molar-refractivity contribution in [3.8, 4) is 11.5 Å².